The Labute approximate surface area is 158 Å². The number of benzene rings is 1. The van der Waals surface area contributed by atoms with Gasteiger partial charge in [0, 0.05) is 16.7 Å². The van der Waals surface area contributed by atoms with Gasteiger partial charge in [0.25, 0.3) is 0 Å². The molecule has 0 aliphatic carbocycles. The van der Waals surface area contributed by atoms with Crippen LogP contribution in [0.25, 0.3) is 0 Å². The highest BCUT2D eigenvalue weighted by molar-refractivity contribution is 6.00. The molecule has 1 N–H and O–H groups in total. The summed E-state index contributed by atoms with van der Waals surface area (Å²) < 4.78 is 10.1. The number of anilines is 1. The van der Waals surface area contributed by atoms with Crippen LogP contribution in [0.4, 0.5) is 5.69 Å². The Morgan fingerprint density at radius 1 is 1.15 bits per heavy atom. The lowest BCUT2D eigenvalue weighted by molar-refractivity contribution is -0.123. The summed E-state index contributed by atoms with van der Waals surface area (Å²) in [6.45, 7) is 8.52. The number of hydrogen-bond donors (Lipinski definition) is 1. The van der Waals surface area contributed by atoms with Crippen LogP contribution in [0.1, 0.15) is 59.9 Å². The summed E-state index contributed by atoms with van der Waals surface area (Å²) in [6, 6.07) is 6.43. The van der Waals surface area contributed by atoms with Gasteiger partial charge in [-0.1, -0.05) is 32.9 Å². The van der Waals surface area contributed by atoms with E-state index in [9.17, 15) is 14.4 Å². The maximum Gasteiger partial charge on any atom is 0.344 e. The molecule has 2 rings (SSSR count). The first kappa shape index (κ1) is 20.4. The van der Waals surface area contributed by atoms with E-state index in [0.29, 0.717) is 29.1 Å². The summed E-state index contributed by atoms with van der Waals surface area (Å²) in [7, 11) is 0. The normalized spacial score (nSPS) is 11.1. The predicted molar refractivity (Wildman–Crippen MR) is 99.8 cm³/mol. The first-order chi connectivity index (χ1) is 12.6. The Morgan fingerprint density at radius 2 is 1.78 bits per heavy atom. The van der Waals surface area contributed by atoms with Gasteiger partial charge in [-0.25, -0.2) is 4.79 Å². The molecule has 0 unspecified atom stereocenters. The number of nitrogens with zero attached hydrogens (tertiary/aromatic N) is 1. The number of aromatic nitrogens is 1. The second kappa shape index (κ2) is 8.16. The van der Waals surface area contributed by atoms with Crippen molar-refractivity contribution in [2.75, 3.05) is 11.9 Å². The minimum Gasteiger partial charge on any atom is -0.454 e. The maximum atomic E-state index is 12.2. The van der Waals surface area contributed by atoms with E-state index in [2.05, 4.69) is 10.5 Å². The van der Waals surface area contributed by atoms with Gasteiger partial charge in [0.2, 0.25) is 5.91 Å². The molecule has 0 saturated heterocycles. The van der Waals surface area contributed by atoms with Gasteiger partial charge in [-0.3, -0.25) is 9.59 Å². The van der Waals surface area contributed by atoms with Crippen LogP contribution in [0.15, 0.2) is 28.8 Å². The molecule has 1 aromatic heterocycles. The fourth-order valence-electron chi connectivity index (χ4n) is 2.27. The van der Waals surface area contributed by atoms with Gasteiger partial charge in [0.1, 0.15) is 11.3 Å². The van der Waals surface area contributed by atoms with Crippen molar-refractivity contribution in [2.45, 2.75) is 41.0 Å². The number of Topliss-reactive ketones (excluding diaryl/α,β-unsaturated/α-hetero) is 1. The summed E-state index contributed by atoms with van der Waals surface area (Å²) in [5.41, 5.74) is 1.24. The lowest BCUT2D eigenvalue weighted by Crippen LogP contribution is -2.27. The molecule has 0 atom stereocenters. The lowest BCUT2D eigenvalue weighted by atomic mass is 9.95. The minimum atomic E-state index is -0.631. The van der Waals surface area contributed by atoms with E-state index >= 15 is 0 Å². The number of carbonyl (C=O) groups is 3. The monoisotopic (exact) mass is 372 g/mol. The summed E-state index contributed by atoms with van der Waals surface area (Å²) >= 11 is 0. The van der Waals surface area contributed by atoms with Crippen molar-refractivity contribution in [2.24, 2.45) is 5.41 Å². The molecule has 0 aliphatic rings. The van der Waals surface area contributed by atoms with Crippen molar-refractivity contribution in [3.05, 3.63) is 46.8 Å². The predicted octanol–water partition coefficient (Wildman–Crippen LogP) is 3.57. The molecule has 0 spiro atoms. The first-order valence-electron chi connectivity index (χ1n) is 8.70. The van der Waals surface area contributed by atoms with Crippen LogP contribution in [-0.4, -0.2) is 29.4 Å². The van der Waals surface area contributed by atoms with Gasteiger partial charge in [-0.15, -0.1) is 0 Å². The van der Waals surface area contributed by atoms with E-state index in [0.717, 1.165) is 0 Å². The largest absolute Gasteiger partial charge is 0.454 e. The van der Waals surface area contributed by atoms with Crippen molar-refractivity contribution in [1.29, 1.82) is 0 Å². The molecule has 1 heterocycles. The van der Waals surface area contributed by atoms with Crippen LogP contribution in [-0.2, 0) is 16.0 Å². The molecule has 144 valence electrons. The molecule has 1 aromatic carbocycles. The smallest absolute Gasteiger partial charge is 0.344 e. The highest BCUT2D eigenvalue weighted by Crippen LogP contribution is 2.18. The highest BCUT2D eigenvalue weighted by Gasteiger charge is 2.22. The highest BCUT2D eigenvalue weighted by atomic mass is 16.5. The Balaban J connectivity index is 1.97. The van der Waals surface area contributed by atoms with E-state index < -0.39 is 11.4 Å². The number of hydrogen-bond acceptors (Lipinski definition) is 6. The van der Waals surface area contributed by atoms with Gasteiger partial charge in [0.15, 0.2) is 12.4 Å². The Kier molecular flexibility index (Phi) is 6.15. The minimum absolute atomic E-state index is 0.119. The quantitative estimate of drug-likeness (QED) is 0.615. The standard InChI is InChI=1S/C20H24N2O5/c1-6-15-17(12(2)27-22-15)18(24)26-11-16(23)13-7-9-14(10-8-13)21-19(25)20(3,4)5/h7-10H,6,11H2,1-5H3,(H,21,25). The van der Waals surface area contributed by atoms with Gasteiger partial charge in [0.05, 0.1) is 5.69 Å². The van der Waals surface area contributed by atoms with E-state index in [-0.39, 0.29) is 23.9 Å². The SMILES string of the molecule is CCc1noc(C)c1C(=O)OCC(=O)c1ccc(NC(=O)C(C)(C)C)cc1. The van der Waals surface area contributed by atoms with E-state index in [1.165, 1.54) is 0 Å². The molecule has 7 nitrogen and oxygen atoms in total. The summed E-state index contributed by atoms with van der Waals surface area (Å²) in [5, 5.41) is 6.58. The van der Waals surface area contributed by atoms with Gasteiger partial charge >= 0.3 is 5.97 Å². The molecule has 0 radical (unpaired) electrons. The topological polar surface area (TPSA) is 98.5 Å². The van der Waals surface area contributed by atoms with Gasteiger partial charge in [-0.05, 0) is 37.6 Å². The summed E-state index contributed by atoms with van der Waals surface area (Å²) in [6.07, 6.45) is 0.525. The van der Waals surface area contributed by atoms with Crippen LogP contribution in [0.5, 0.6) is 0 Å². The van der Waals surface area contributed by atoms with Crippen molar-refractivity contribution >= 4 is 23.3 Å². The number of ether oxygens (including phenoxy) is 1. The second-order valence-electron chi connectivity index (χ2n) is 7.19. The third kappa shape index (κ3) is 5.03. The van der Waals surface area contributed by atoms with Crippen molar-refractivity contribution < 1.29 is 23.6 Å². The Bertz CT molecular complexity index is 844. The maximum absolute atomic E-state index is 12.2. The zero-order valence-electron chi connectivity index (χ0n) is 16.2. The van der Waals surface area contributed by atoms with Gasteiger partial charge in [-0.2, -0.15) is 0 Å². The number of ketones is 1. The van der Waals surface area contributed by atoms with Crippen LogP contribution < -0.4 is 5.32 Å². The molecule has 27 heavy (non-hydrogen) atoms. The fraction of sp³-hybridized carbons (Fsp3) is 0.400. The second-order valence-corrected chi connectivity index (χ2v) is 7.19. The van der Waals surface area contributed by atoms with Crippen LogP contribution >= 0.6 is 0 Å². The summed E-state index contributed by atoms with van der Waals surface area (Å²) in [4.78, 5) is 36.4. The van der Waals surface area contributed by atoms with Gasteiger partial charge < -0.3 is 14.6 Å². The average Bonchev–Trinajstić information content (AvgIpc) is 3.00. The zero-order chi connectivity index (χ0) is 20.2. The number of esters is 1. The molecular formula is C20H24N2O5. The third-order valence-corrected chi connectivity index (χ3v) is 3.95. The Morgan fingerprint density at radius 3 is 2.33 bits per heavy atom. The molecule has 0 saturated carbocycles. The van der Waals surface area contributed by atoms with E-state index in [1.54, 1.807) is 31.2 Å². The zero-order valence-corrected chi connectivity index (χ0v) is 16.2. The van der Waals surface area contributed by atoms with E-state index in [4.69, 9.17) is 9.26 Å². The Hall–Kier alpha value is -2.96. The molecule has 0 fully saturated rings. The average molecular weight is 372 g/mol. The number of nitrogens with one attached hydrogen (secondary N) is 1. The van der Waals surface area contributed by atoms with Crippen molar-refractivity contribution in [3.63, 3.8) is 0 Å². The molecule has 1 amide bonds. The molecule has 2 aromatic rings. The number of rotatable bonds is 6. The van der Waals surface area contributed by atoms with Crippen LogP contribution in [0, 0.1) is 12.3 Å². The van der Waals surface area contributed by atoms with Crippen molar-refractivity contribution in [3.8, 4) is 0 Å². The number of amides is 1. The van der Waals surface area contributed by atoms with E-state index in [1.807, 2.05) is 27.7 Å². The molecule has 0 aliphatic heterocycles. The molecular weight excluding hydrogens is 348 g/mol. The molecule has 7 heteroatoms. The number of aryl methyl sites for hydroxylation is 2. The van der Waals surface area contributed by atoms with Crippen molar-refractivity contribution in [1.82, 2.24) is 5.16 Å². The first-order valence-corrected chi connectivity index (χ1v) is 8.70. The number of carbonyl (C=O) groups excluding carboxylic acids is 3. The van der Waals surface area contributed by atoms with Crippen LogP contribution in [0.2, 0.25) is 0 Å². The fourth-order valence-corrected chi connectivity index (χ4v) is 2.27. The van der Waals surface area contributed by atoms with Crippen LogP contribution in [0.3, 0.4) is 0 Å². The summed E-state index contributed by atoms with van der Waals surface area (Å²) in [5.74, 6) is -0.730. The lowest BCUT2D eigenvalue weighted by Gasteiger charge is -2.17. The molecule has 0 bridgehead atoms. The third-order valence-electron chi connectivity index (χ3n) is 3.95.